The molecule has 14 heavy (non-hydrogen) atoms. The topological polar surface area (TPSA) is 23.8 Å². The van der Waals surface area contributed by atoms with Crippen LogP contribution in [0.25, 0.3) is 10.1 Å². The summed E-state index contributed by atoms with van der Waals surface area (Å²) in [7, 11) is 0. The lowest BCUT2D eigenvalue weighted by Gasteiger charge is -1.99. The van der Waals surface area contributed by atoms with Crippen LogP contribution in [0.15, 0.2) is 18.2 Å². The number of halogens is 1. The molecule has 2 rings (SSSR count). The average Bonchev–Trinajstić information content (AvgIpc) is 2.45. The molecule has 3 heteroatoms. The maximum absolute atomic E-state index is 8.67. The molecule has 0 saturated heterocycles. The highest BCUT2D eigenvalue weighted by Gasteiger charge is 2.04. The third-order valence-electron chi connectivity index (χ3n) is 2.08. The standard InChI is InChI=1S/C11H8INS/c1-7-4-9-5-8(2-3-13)10(12)6-11(9)14-7/h4-6H,2H2,1H3. The fourth-order valence-corrected chi connectivity index (χ4v) is 3.28. The van der Waals surface area contributed by atoms with Crippen LogP contribution >= 0.6 is 33.9 Å². The van der Waals surface area contributed by atoms with Crippen LogP contribution in [0.3, 0.4) is 0 Å². The average molecular weight is 313 g/mol. The third kappa shape index (κ3) is 1.77. The number of rotatable bonds is 1. The molecule has 0 aliphatic carbocycles. The number of aryl methyl sites for hydroxylation is 1. The first-order valence-corrected chi connectivity index (χ1v) is 6.16. The second-order valence-corrected chi connectivity index (χ2v) is 5.62. The van der Waals surface area contributed by atoms with E-state index in [4.69, 9.17) is 5.26 Å². The summed E-state index contributed by atoms with van der Waals surface area (Å²) in [6.45, 7) is 2.11. The molecule has 2 aromatic rings. The van der Waals surface area contributed by atoms with Crippen molar-refractivity contribution in [3.8, 4) is 6.07 Å². The van der Waals surface area contributed by atoms with Gasteiger partial charge in [0, 0.05) is 13.1 Å². The lowest BCUT2D eigenvalue weighted by atomic mass is 10.1. The van der Waals surface area contributed by atoms with Crippen molar-refractivity contribution in [3.05, 3.63) is 32.2 Å². The van der Waals surface area contributed by atoms with Crippen molar-refractivity contribution >= 4 is 44.0 Å². The molecule has 1 heterocycles. The van der Waals surface area contributed by atoms with Gasteiger partial charge in [0.2, 0.25) is 0 Å². The molecular weight excluding hydrogens is 305 g/mol. The molecule has 0 amide bonds. The number of nitrogens with zero attached hydrogens (tertiary/aromatic N) is 1. The molecule has 0 fully saturated rings. The summed E-state index contributed by atoms with van der Waals surface area (Å²) in [6, 6.07) is 8.67. The minimum atomic E-state index is 0.503. The first kappa shape index (κ1) is 9.94. The smallest absolute Gasteiger partial charge is 0.0670 e. The molecule has 1 aromatic carbocycles. The molecule has 0 saturated carbocycles. The van der Waals surface area contributed by atoms with E-state index in [1.165, 1.54) is 18.5 Å². The number of hydrogen-bond acceptors (Lipinski definition) is 2. The van der Waals surface area contributed by atoms with E-state index in [2.05, 4.69) is 53.8 Å². The first-order chi connectivity index (χ1) is 6.70. The Bertz CT molecular complexity index is 522. The molecule has 70 valence electrons. The number of hydrogen-bond donors (Lipinski definition) is 0. The molecule has 0 unspecified atom stereocenters. The maximum atomic E-state index is 8.67. The van der Waals surface area contributed by atoms with Gasteiger partial charge >= 0.3 is 0 Å². The Morgan fingerprint density at radius 1 is 1.43 bits per heavy atom. The summed E-state index contributed by atoms with van der Waals surface area (Å²) in [4.78, 5) is 1.32. The summed E-state index contributed by atoms with van der Waals surface area (Å²) < 4.78 is 2.51. The number of benzene rings is 1. The van der Waals surface area contributed by atoms with E-state index in [-0.39, 0.29) is 0 Å². The molecule has 0 aliphatic rings. The highest BCUT2D eigenvalue weighted by atomic mass is 127. The number of nitriles is 1. The van der Waals surface area contributed by atoms with Gasteiger partial charge in [-0.1, -0.05) is 0 Å². The Morgan fingerprint density at radius 3 is 2.93 bits per heavy atom. The summed E-state index contributed by atoms with van der Waals surface area (Å²) in [5.74, 6) is 0. The summed E-state index contributed by atoms with van der Waals surface area (Å²) in [5.41, 5.74) is 1.14. The number of fused-ring (bicyclic) bond motifs is 1. The number of thiophene rings is 1. The maximum Gasteiger partial charge on any atom is 0.0670 e. The summed E-state index contributed by atoms with van der Waals surface area (Å²) >= 11 is 4.10. The van der Waals surface area contributed by atoms with Gasteiger partial charge < -0.3 is 0 Å². The SMILES string of the molecule is Cc1cc2cc(CC#N)c(I)cc2s1. The lowest BCUT2D eigenvalue weighted by molar-refractivity contribution is 1.26. The minimum Gasteiger partial charge on any atom is -0.198 e. The molecule has 0 radical (unpaired) electrons. The van der Waals surface area contributed by atoms with E-state index in [1.54, 1.807) is 11.3 Å². The second kappa shape index (κ2) is 3.87. The normalized spacial score (nSPS) is 10.4. The van der Waals surface area contributed by atoms with E-state index in [0.29, 0.717) is 6.42 Å². The van der Waals surface area contributed by atoms with Crippen LogP contribution in [0.5, 0.6) is 0 Å². The quantitative estimate of drug-likeness (QED) is 0.733. The minimum absolute atomic E-state index is 0.503. The van der Waals surface area contributed by atoms with Crippen LogP contribution in [0.2, 0.25) is 0 Å². The van der Waals surface area contributed by atoms with Crippen LogP contribution in [0.4, 0.5) is 0 Å². The van der Waals surface area contributed by atoms with Crippen molar-refractivity contribution in [1.82, 2.24) is 0 Å². The third-order valence-corrected chi connectivity index (χ3v) is 4.10. The largest absolute Gasteiger partial charge is 0.198 e. The zero-order chi connectivity index (χ0) is 10.1. The first-order valence-electron chi connectivity index (χ1n) is 4.26. The lowest BCUT2D eigenvalue weighted by Crippen LogP contribution is -1.85. The van der Waals surface area contributed by atoms with Crippen LogP contribution in [-0.4, -0.2) is 0 Å². The van der Waals surface area contributed by atoms with E-state index < -0.39 is 0 Å². The van der Waals surface area contributed by atoms with Gasteiger partial charge in [0.1, 0.15) is 0 Å². The summed E-state index contributed by atoms with van der Waals surface area (Å²) in [6.07, 6.45) is 0.503. The van der Waals surface area contributed by atoms with Crippen LogP contribution < -0.4 is 0 Å². The van der Waals surface area contributed by atoms with Crippen molar-refractivity contribution in [3.63, 3.8) is 0 Å². The van der Waals surface area contributed by atoms with Crippen molar-refractivity contribution in [1.29, 1.82) is 5.26 Å². The monoisotopic (exact) mass is 313 g/mol. The predicted molar refractivity (Wildman–Crippen MR) is 68.6 cm³/mol. The van der Waals surface area contributed by atoms with Gasteiger partial charge in [0.25, 0.3) is 0 Å². The summed E-state index contributed by atoms with van der Waals surface area (Å²) in [5, 5.41) is 9.93. The molecule has 0 N–H and O–H groups in total. The molecule has 0 aliphatic heterocycles. The van der Waals surface area contributed by atoms with Crippen LogP contribution in [-0.2, 0) is 6.42 Å². The Balaban J connectivity index is 2.65. The van der Waals surface area contributed by atoms with Gasteiger partial charge in [0.15, 0.2) is 0 Å². The van der Waals surface area contributed by atoms with Crippen molar-refractivity contribution < 1.29 is 0 Å². The fourth-order valence-electron chi connectivity index (χ4n) is 1.46. The molecule has 1 nitrogen and oxygen atoms in total. The van der Waals surface area contributed by atoms with Crippen molar-refractivity contribution in [2.45, 2.75) is 13.3 Å². The molecule has 0 bridgehead atoms. The van der Waals surface area contributed by atoms with Gasteiger partial charge in [-0.05, 0) is 58.7 Å². The van der Waals surface area contributed by atoms with E-state index in [0.717, 1.165) is 5.56 Å². The highest BCUT2D eigenvalue weighted by molar-refractivity contribution is 14.1. The van der Waals surface area contributed by atoms with E-state index in [1.807, 2.05) is 0 Å². The highest BCUT2D eigenvalue weighted by Crippen LogP contribution is 2.28. The molecular formula is C11H8INS. The second-order valence-electron chi connectivity index (χ2n) is 3.17. The Morgan fingerprint density at radius 2 is 2.21 bits per heavy atom. The zero-order valence-corrected chi connectivity index (χ0v) is 10.6. The van der Waals surface area contributed by atoms with Crippen molar-refractivity contribution in [2.24, 2.45) is 0 Å². The molecule has 0 spiro atoms. The van der Waals surface area contributed by atoms with Crippen molar-refractivity contribution in [2.75, 3.05) is 0 Å². The molecule has 1 aromatic heterocycles. The van der Waals surface area contributed by atoms with Crippen LogP contribution in [0.1, 0.15) is 10.4 Å². The fraction of sp³-hybridized carbons (Fsp3) is 0.182. The Labute approximate surface area is 101 Å². The predicted octanol–water partition coefficient (Wildman–Crippen LogP) is 3.88. The molecule has 0 atom stereocenters. The Kier molecular flexibility index (Phi) is 2.75. The van der Waals surface area contributed by atoms with Crippen LogP contribution in [0, 0.1) is 21.8 Å². The van der Waals surface area contributed by atoms with Gasteiger partial charge in [0.05, 0.1) is 12.5 Å². The van der Waals surface area contributed by atoms with Gasteiger partial charge in [-0.15, -0.1) is 11.3 Å². The van der Waals surface area contributed by atoms with Gasteiger partial charge in [-0.25, -0.2) is 0 Å². The zero-order valence-electron chi connectivity index (χ0n) is 7.67. The van der Waals surface area contributed by atoms with Gasteiger partial charge in [-0.3, -0.25) is 0 Å². The van der Waals surface area contributed by atoms with E-state index in [9.17, 15) is 0 Å². The van der Waals surface area contributed by atoms with E-state index >= 15 is 0 Å². The Hall–Kier alpha value is -0.600. The van der Waals surface area contributed by atoms with Gasteiger partial charge in [-0.2, -0.15) is 5.26 Å².